The lowest BCUT2D eigenvalue weighted by molar-refractivity contribution is -0.165. The number of hydrogen-bond acceptors (Lipinski definition) is 4. The number of aryl methyl sites for hydroxylation is 1. The first-order valence-electron chi connectivity index (χ1n) is 12.6. The third kappa shape index (κ3) is 6.85. The van der Waals surface area contributed by atoms with Crippen molar-refractivity contribution in [3.63, 3.8) is 0 Å². The Morgan fingerprint density at radius 1 is 1.14 bits per heavy atom. The number of alkyl halides is 3. The molecule has 0 aliphatic carbocycles. The van der Waals surface area contributed by atoms with E-state index in [2.05, 4.69) is 34.7 Å². The zero-order valence-corrected chi connectivity index (χ0v) is 20.3. The molecule has 0 saturated carbocycles. The van der Waals surface area contributed by atoms with Gasteiger partial charge >= 0.3 is 12.1 Å². The fourth-order valence-corrected chi connectivity index (χ4v) is 5.62. The Morgan fingerprint density at radius 3 is 2.49 bits per heavy atom. The number of aromatic nitrogens is 2. The van der Waals surface area contributed by atoms with Crippen molar-refractivity contribution in [1.29, 1.82) is 0 Å². The summed E-state index contributed by atoms with van der Waals surface area (Å²) in [5.41, 5.74) is 3.63. The first-order chi connectivity index (χ1) is 16.7. The standard InChI is InChI=1S/C26H35F3N4O2/c1-2-33-23(15-22(30-33)14-19-6-4-3-5-7-19)21-9-11-31(12-10-21)17-20-8-13-32(18-20)24(25(34)35)16-26(27,28)29/h3-7,15,20-21,24H,2,8-14,16-18H2,1H3,(H,34,35). The highest BCUT2D eigenvalue weighted by Gasteiger charge is 2.41. The molecule has 0 amide bonds. The van der Waals surface area contributed by atoms with E-state index in [9.17, 15) is 23.1 Å². The van der Waals surface area contributed by atoms with Crippen molar-refractivity contribution >= 4 is 5.97 Å². The topological polar surface area (TPSA) is 61.6 Å². The average molecular weight is 493 g/mol. The summed E-state index contributed by atoms with van der Waals surface area (Å²) in [5, 5.41) is 14.1. The van der Waals surface area contributed by atoms with E-state index < -0.39 is 24.6 Å². The summed E-state index contributed by atoms with van der Waals surface area (Å²) in [4.78, 5) is 15.3. The van der Waals surface area contributed by atoms with Gasteiger partial charge < -0.3 is 10.0 Å². The van der Waals surface area contributed by atoms with E-state index in [-0.39, 0.29) is 5.92 Å². The fraction of sp³-hybridized carbons (Fsp3) is 0.615. The number of carboxylic acids is 1. The molecule has 3 heterocycles. The number of aliphatic carboxylic acids is 1. The Morgan fingerprint density at radius 2 is 1.86 bits per heavy atom. The summed E-state index contributed by atoms with van der Waals surface area (Å²) < 4.78 is 40.6. The van der Waals surface area contributed by atoms with E-state index in [1.807, 2.05) is 18.2 Å². The Labute approximate surface area is 204 Å². The maximum Gasteiger partial charge on any atom is 0.391 e. The van der Waals surface area contributed by atoms with Crippen molar-refractivity contribution in [2.45, 2.75) is 63.7 Å². The van der Waals surface area contributed by atoms with Crippen LogP contribution in [0.25, 0.3) is 0 Å². The predicted molar refractivity (Wildman–Crippen MR) is 127 cm³/mol. The molecule has 6 nitrogen and oxygen atoms in total. The number of rotatable bonds is 9. The Hall–Kier alpha value is -2.39. The number of benzene rings is 1. The van der Waals surface area contributed by atoms with Crippen molar-refractivity contribution in [3.05, 3.63) is 53.3 Å². The molecule has 2 saturated heterocycles. The molecule has 1 aromatic heterocycles. The lowest BCUT2D eigenvalue weighted by Crippen LogP contribution is -2.43. The van der Waals surface area contributed by atoms with Gasteiger partial charge in [0.2, 0.25) is 0 Å². The number of carboxylic acid groups (broad SMARTS) is 1. The van der Waals surface area contributed by atoms with Gasteiger partial charge in [0.15, 0.2) is 0 Å². The van der Waals surface area contributed by atoms with Crippen molar-refractivity contribution < 1.29 is 23.1 Å². The van der Waals surface area contributed by atoms with Crippen LogP contribution >= 0.6 is 0 Å². The van der Waals surface area contributed by atoms with Crippen LogP contribution in [0.4, 0.5) is 13.2 Å². The van der Waals surface area contributed by atoms with Crippen LogP contribution in [-0.4, -0.2) is 75.6 Å². The Bertz CT molecular complexity index is 971. The molecule has 2 atom stereocenters. The highest BCUT2D eigenvalue weighted by Crippen LogP contribution is 2.32. The molecule has 35 heavy (non-hydrogen) atoms. The van der Waals surface area contributed by atoms with Crippen LogP contribution in [0, 0.1) is 5.92 Å². The molecule has 9 heteroatoms. The predicted octanol–water partition coefficient (Wildman–Crippen LogP) is 4.40. The number of carbonyl (C=O) groups is 1. The number of hydrogen-bond donors (Lipinski definition) is 1. The van der Waals surface area contributed by atoms with E-state index in [0.29, 0.717) is 19.0 Å². The highest BCUT2D eigenvalue weighted by molar-refractivity contribution is 5.73. The van der Waals surface area contributed by atoms with Crippen molar-refractivity contribution in [2.75, 3.05) is 32.7 Å². The number of halogens is 3. The van der Waals surface area contributed by atoms with Gasteiger partial charge in [-0.25, -0.2) is 0 Å². The maximum absolute atomic E-state index is 12.8. The number of likely N-dealkylation sites (tertiary alicyclic amines) is 2. The zero-order valence-electron chi connectivity index (χ0n) is 20.3. The smallest absolute Gasteiger partial charge is 0.391 e. The fourth-order valence-electron chi connectivity index (χ4n) is 5.62. The molecular formula is C26H35F3N4O2. The average Bonchev–Trinajstić information content (AvgIpc) is 3.45. The van der Waals surface area contributed by atoms with Crippen molar-refractivity contribution in [2.24, 2.45) is 5.92 Å². The summed E-state index contributed by atoms with van der Waals surface area (Å²) in [6.45, 7) is 6.47. The molecule has 1 N–H and O–H groups in total. The minimum absolute atomic E-state index is 0.209. The second-order valence-corrected chi connectivity index (χ2v) is 9.94. The minimum Gasteiger partial charge on any atom is -0.480 e. The summed E-state index contributed by atoms with van der Waals surface area (Å²) >= 11 is 0. The molecule has 4 rings (SSSR count). The summed E-state index contributed by atoms with van der Waals surface area (Å²) in [6.07, 6.45) is -2.15. The van der Waals surface area contributed by atoms with Crippen LogP contribution < -0.4 is 0 Å². The van der Waals surface area contributed by atoms with Crippen molar-refractivity contribution in [3.8, 4) is 0 Å². The second-order valence-electron chi connectivity index (χ2n) is 9.94. The first-order valence-corrected chi connectivity index (χ1v) is 12.6. The number of nitrogens with zero attached hydrogens (tertiary/aromatic N) is 4. The van der Waals surface area contributed by atoms with Gasteiger partial charge in [-0.05, 0) is 63.4 Å². The van der Waals surface area contributed by atoms with Gasteiger partial charge in [-0.15, -0.1) is 0 Å². The highest BCUT2D eigenvalue weighted by atomic mass is 19.4. The quantitative estimate of drug-likeness (QED) is 0.562. The van der Waals surface area contributed by atoms with Crippen LogP contribution in [0.1, 0.15) is 55.5 Å². The summed E-state index contributed by atoms with van der Waals surface area (Å²) in [7, 11) is 0. The van der Waals surface area contributed by atoms with E-state index in [1.165, 1.54) is 16.2 Å². The third-order valence-electron chi connectivity index (χ3n) is 7.38. The molecule has 192 valence electrons. The SMILES string of the molecule is CCn1nc(Cc2ccccc2)cc1C1CCN(CC2CCN(C(CC(F)(F)F)C(=O)O)C2)CC1. The van der Waals surface area contributed by atoms with Gasteiger partial charge in [-0.2, -0.15) is 18.3 Å². The van der Waals surface area contributed by atoms with E-state index in [0.717, 1.165) is 57.6 Å². The third-order valence-corrected chi connectivity index (χ3v) is 7.38. The molecule has 1 aromatic carbocycles. The van der Waals surface area contributed by atoms with Crippen LogP contribution in [0.15, 0.2) is 36.4 Å². The lowest BCUT2D eigenvalue weighted by atomic mass is 9.92. The number of piperidine rings is 1. The maximum atomic E-state index is 12.8. The second kappa shape index (κ2) is 11.1. The minimum atomic E-state index is -4.48. The monoisotopic (exact) mass is 492 g/mol. The van der Waals surface area contributed by atoms with Crippen LogP contribution in [0.2, 0.25) is 0 Å². The molecule has 2 aliphatic heterocycles. The van der Waals surface area contributed by atoms with Crippen LogP contribution in [-0.2, 0) is 17.8 Å². The molecule has 2 aliphatic rings. The normalized spacial score (nSPS) is 21.4. The van der Waals surface area contributed by atoms with Gasteiger partial charge in [0, 0.05) is 37.7 Å². The molecule has 0 radical (unpaired) electrons. The van der Waals surface area contributed by atoms with Gasteiger partial charge in [-0.1, -0.05) is 30.3 Å². The largest absolute Gasteiger partial charge is 0.480 e. The van der Waals surface area contributed by atoms with Gasteiger partial charge in [0.1, 0.15) is 6.04 Å². The lowest BCUT2D eigenvalue weighted by Gasteiger charge is -2.34. The van der Waals surface area contributed by atoms with E-state index in [4.69, 9.17) is 5.10 Å². The molecule has 2 aromatic rings. The summed E-state index contributed by atoms with van der Waals surface area (Å²) in [6, 6.07) is 11.1. The Balaban J connectivity index is 1.29. The zero-order chi connectivity index (χ0) is 25.0. The molecule has 0 spiro atoms. The van der Waals surface area contributed by atoms with E-state index in [1.54, 1.807) is 0 Å². The first kappa shape index (κ1) is 25.7. The van der Waals surface area contributed by atoms with Crippen molar-refractivity contribution in [1.82, 2.24) is 19.6 Å². The molecule has 2 fully saturated rings. The molecular weight excluding hydrogens is 457 g/mol. The molecule has 2 unspecified atom stereocenters. The van der Waals surface area contributed by atoms with Gasteiger partial charge in [-0.3, -0.25) is 14.4 Å². The molecule has 0 bridgehead atoms. The van der Waals surface area contributed by atoms with E-state index >= 15 is 0 Å². The summed E-state index contributed by atoms with van der Waals surface area (Å²) in [5.74, 6) is -0.727. The van der Waals surface area contributed by atoms with Gasteiger partial charge in [0.25, 0.3) is 0 Å². The van der Waals surface area contributed by atoms with Crippen LogP contribution in [0.3, 0.4) is 0 Å². The van der Waals surface area contributed by atoms with Crippen LogP contribution in [0.5, 0.6) is 0 Å². The van der Waals surface area contributed by atoms with Gasteiger partial charge in [0.05, 0.1) is 12.1 Å². The Kier molecular flexibility index (Phi) is 8.16.